The lowest BCUT2D eigenvalue weighted by atomic mass is 10.1. The highest BCUT2D eigenvalue weighted by atomic mass is 32.1. The number of aromatic hydroxyl groups is 1. The van der Waals surface area contributed by atoms with Gasteiger partial charge >= 0.3 is 0 Å². The molecule has 6 nitrogen and oxygen atoms in total. The van der Waals surface area contributed by atoms with Crippen molar-refractivity contribution in [2.45, 2.75) is 6.92 Å². The smallest absolute Gasteiger partial charge is 0.229 e. The fourth-order valence-electron chi connectivity index (χ4n) is 2.11. The largest absolute Gasteiger partial charge is 0.507 e. The Kier molecular flexibility index (Phi) is 3.80. The predicted molar refractivity (Wildman–Crippen MR) is 86.2 cm³/mol. The second kappa shape index (κ2) is 5.90. The molecule has 22 heavy (non-hydrogen) atoms. The Morgan fingerprint density at radius 2 is 2.14 bits per heavy atom. The highest BCUT2D eigenvalue weighted by molar-refractivity contribution is 7.13. The lowest BCUT2D eigenvalue weighted by Crippen LogP contribution is -2.06. The summed E-state index contributed by atoms with van der Waals surface area (Å²) in [4.78, 5) is 15.4. The lowest BCUT2D eigenvalue weighted by molar-refractivity contribution is -0.114. The van der Waals surface area contributed by atoms with Gasteiger partial charge in [0, 0.05) is 29.3 Å². The Balaban J connectivity index is 2.17. The summed E-state index contributed by atoms with van der Waals surface area (Å²) in [6.07, 6.45) is 1.65. The maximum absolute atomic E-state index is 11.4. The molecule has 7 heteroatoms. The summed E-state index contributed by atoms with van der Waals surface area (Å²) in [5.41, 5.74) is 1.13. The van der Waals surface area contributed by atoms with Gasteiger partial charge in [-0.15, -0.1) is 21.6 Å². The fraction of sp³-hybridized carbons (Fsp3) is 0.0667. The van der Waals surface area contributed by atoms with Crippen molar-refractivity contribution in [3.05, 3.63) is 41.9 Å². The number of anilines is 1. The Bertz CT molecular complexity index is 859. The minimum atomic E-state index is -0.196. The highest BCUT2D eigenvalue weighted by Gasteiger charge is 2.10. The fourth-order valence-corrected chi connectivity index (χ4v) is 2.56. The third-order valence-corrected chi connectivity index (χ3v) is 3.62. The quantitative estimate of drug-likeness (QED) is 0.704. The maximum Gasteiger partial charge on any atom is 0.229 e. The van der Waals surface area contributed by atoms with Gasteiger partial charge in [0.1, 0.15) is 5.75 Å². The summed E-state index contributed by atoms with van der Waals surface area (Å²) < 4.78 is 0. The highest BCUT2D eigenvalue weighted by Crippen LogP contribution is 2.38. The average Bonchev–Trinajstić information content (AvgIpc) is 3.00. The number of carbonyl (C=O) groups is 1. The molecule has 0 saturated carbocycles. The Morgan fingerprint density at radius 1 is 1.27 bits per heavy atom. The first-order valence-electron chi connectivity index (χ1n) is 6.48. The number of hydrogen-bond acceptors (Lipinski definition) is 6. The topological polar surface area (TPSA) is 86.9 Å². The van der Waals surface area contributed by atoms with E-state index in [2.05, 4.69) is 20.5 Å². The number of carbonyl (C=O) groups excluding carboxylic acids is 1. The van der Waals surface area contributed by atoms with Gasteiger partial charge in [0.2, 0.25) is 11.0 Å². The van der Waals surface area contributed by atoms with E-state index in [0.717, 1.165) is 0 Å². The van der Waals surface area contributed by atoms with Crippen LogP contribution in [0, 0.1) is 0 Å². The molecule has 0 fully saturated rings. The van der Waals surface area contributed by atoms with Crippen LogP contribution in [0.3, 0.4) is 0 Å². The molecule has 0 unspecified atom stereocenters. The summed E-state index contributed by atoms with van der Waals surface area (Å²) in [7, 11) is 0. The molecule has 0 bridgehead atoms. The molecule has 0 atom stereocenters. The van der Waals surface area contributed by atoms with Crippen molar-refractivity contribution in [1.29, 1.82) is 0 Å². The zero-order chi connectivity index (χ0) is 15.5. The molecule has 0 aliphatic heterocycles. The molecular weight excluding hydrogens is 300 g/mol. The van der Waals surface area contributed by atoms with E-state index in [1.165, 1.54) is 18.3 Å². The summed E-state index contributed by atoms with van der Waals surface area (Å²) in [6, 6.07) is 8.48. The van der Waals surface area contributed by atoms with Crippen LogP contribution in [0.15, 0.2) is 52.1 Å². The molecule has 0 aliphatic rings. The van der Waals surface area contributed by atoms with E-state index >= 15 is 0 Å². The second-order valence-corrected chi connectivity index (χ2v) is 5.40. The molecule has 0 saturated heterocycles. The maximum atomic E-state index is 11.4. The predicted octanol–water partition coefficient (Wildman–Crippen LogP) is 4.38. The average molecular weight is 312 g/mol. The number of nitrogens with zero attached hydrogens (tertiary/aromatic N) is 3. The molecule has 3 aromatic rings. The number of nitrogens with one attached hydrogen (secondary N) is 1. The normalized spacial score (nSPS) is 11.1. The van der Waals surface area contributed by atoms with Crippen molar-refractivity contribution in [2.75, 3.05) is 5.32 Å². The number of phenols is 1. The second-order valence-electron chi connectivity index (χ2n) is 4.53. The number of amides is 1. The van der Waals surface area contributed by atoms with Gasteiger partial charge in [-0.3, -0.25) is 4.79 Å². The molecule has 2 aromatic carbocycles. The molecule has 2 N–H and O–H groups in total. The van der Waals surface area contributed by atoms with Crippen LogP contribution in [-0.2, 0) is 4.79 Å². The van der Waals surface area contributed by atoms with E-state index in [1.54, 1.807) is 36.5 Å². The van der Waals surface area contributed by atoms with Gasteiger partial charge in [-0.05, 0) is 18.2 Å². The zero-order valence-corrected chi connectivity index (χ0v) is 12.5. The molecule has 110 valence electrons. The molecule has 0 aliphatic carbocycles. The number of fused-ring (bicyclic) bond motifs is 1. The summed E-state index contributed by atoms with van der Waals surface area (Å²) >= 11 is 1.37. The van der Waals surface area contributed by atoms with Gasteiger partial charge in [0.05, 0.1) is 11.4 Å². The lowest BCUT2D eigenvalue weighted by Gasteiger charge is -2.10. The Labute approximate surface area is 130 Å². The van der Waals surface area contributed by atoms with E-state index in [9.17, 15) is 9.90 Å². The first-order chi connectivity index (χ1) is 10.6. The van der Waals surface area contributed by atoms with Gasteiger partial charge in [0.15, 0.2) is 0 Å². The van der Waals surface area contributed by atoms with E-state index in [1.807, 2.05) is 5.38 Å². The number of phenolic OH excluding ortho intramolecular Hbond substituents is 1. The summed E-state index contributed by atoms with van der Waals surface area (Å²) in [5, 5.41) is 24.6. The third kappa shape index (κ3) is 2.79. The van der Waals surface area contributed by atoms with Crippen molar-refractivity contribution >= 4 is 44.5 Å². The van der Waals surface area contributed by atoms with E-state index in [4.69, 9.17) is 0 Å². The molecule has 3 rings (SSSR count). The molecular formula is C15H12N4O2S. The Hall–Kier alpha value is -2.80. The van der Waals surface area contributed by atoms with Crippen LogP contribution in [0.25, 0.3) is 10.8 Å². The van der Waals surface area contributed by atoms with E-state index < -0.39 is 0 Å². The van der Waals surface area contributed by atoms with Crippen molar-refractivity contribution in [2.24, 2.45) is 10.2 Å². The van der Waals surface area contributed by atoms with Gasteiger partial charge in [-0.25, -0.2) is 4.98 Å². The van der Waals surface area contributed by atoms with E-state index in [-0.39, 0.29) is 11.7 Å². The Morgan fingerprint density at radius 3 is 2.86 bits per heavy atom. The van der Waals surface area contributed by atoms with Crippen molar-refractivity contribution in [3.8, 4) is 5.75 Å². The van der Waals surface area contributed by atoms with Gasteiger partial charge < -0.3 is 10.4 Å². The van der Waals surface area contributed by atoms with Crippen molar-refractivity contribution in [1.82, 2.24) is 4.98 Å². The first-order valence-corrected chi connectivity index (χ1v) is 7.36. The van der Waals surface area contributed by atoms with Crippen LogP contribution >= 0.6 is 11.3 Å². The summed E-state index contributed by atoms with van der Waals surface area (Å²) in [5.74, 6) is -0.0749. The van der Waals surface area contributed by atoms with E-state index in [0.29, 0.717) is 27.3 Å². The minimum Gasteiger partial charge on any atom is -0.507 e. The minimum absolute atomic E-state index is 0.121. The van der Waals surface area contributed by atoms with Crippen LogP contribution < -0.4 is 5.32 Å². The zero-order valence-electron chi connectivity index (χ0n) is 11.6. The number of hydrogen-bond donors (Lipinski definition) is 2. The molecule has 1 amide bonds. The van der Waals surface area contributed by atoms with Crippen molar-refractivity contribution < 1.29 is 9.90 Å². The number of aromatic nitrogens is 1. The molecule has 1 aromatic heterocycles. The number of thiazole rings is 1. The molecule has 0 spiro atoms. The summed E-state index contributed by atoms with van der Waals surface area (Å²) in [6.45, 7) is 1.43. The van der Waals surface area contributed by atoms with Gasteiger partial charge in [0.25, 0.3) is 0 Å². The van der Waals surface area contributed by atoms with Crippen molar-refractivity contribution in [3.63, 3.8) is 0 Å². The van der Waals surface area contributed by atoms with Crippen LogP contribution in [0.5, 0.6) is 5.75 Å². The molecule has 1 heterocycles. The number of benzene rings is 2. The third-order valence-electron chi connectivity index (χ3n) is 2.97. The van der Waals surface area contributed by atoms with Gasteiger partial charge in [-0.1, -0.05) is 12.1 Å². The number of rotatable bonds is 3. The monoisotopic (exact) mass is 312 g/mol. The number of azo groups is 1. The van der Waals surface area contributed by atoms with Crippen LogP contribution in [0.1, 0.15) is 6.92 Å². The SMILES string of the molecule is CC(=O)Nc1cccc2c(O)ccc(N=Nc3nccs3)c12. The van der Waals surface area contributed by atoms with Crippen LogP contribution in [-0.4, -0.2) is 16.0 Å². The molecule has 0 radical (unpaired) electrons. The van der Waals surface area contributed by atoms with Crippen LogP contribution in [0.2, 0.25) is 0 Å². The standard InChI is InChI=1S/C15H12N4O2S/c1-9(20)17-11-4-2-3-10-13(21)6-5-12(14(10)11)18-19-15-16-7-8-22-15/h2-8,21H,1H3,(H,17,20). The first kappa shape index (κ1) is 14.2. The van der Waals surface area contributed by atoms with Gasteiger partial charge in [-0.2, -0.15) is 0 Å². The van der Waals surface area contributed by atoms with Crippen LogP contribution in [0.4, 0.5) is 16.5 Å².